The summed E-state index contributed by atoms with van der Waals surface area (Å²) in [7, 11) is 0. The smallest absolute Gasteiger partial charge is 0.254 e. The molecule has 0 spiro atoms. The molecule has 2 rings (SSSR count). The van der Waals surface area contributed by atoms with Crippen molar-refractivity contribution in [2.75, 3.05) is 46.0 Å². The van der Waals surface area contributed by atoms with Crippen LogP contribution < -0.4 is 19.5 Å². The maximum absolute atomic E-state index is 12.7. The molecule has 0 radical (unpaired) electrons. The van der Waals surface area contributed by atoms with Crippen LogP contribution in [0.15, 0.2) is 12.1 Å². The number of piperazine rings is 1. The van der Waals surface area contributed by atoms with Crippen molar-refractivity contribution < 1.29 is 19.0 Å². The van der Waals surface area contributed by atoms with Crippen LogP contribution in [0.1, 0.15) is 31.1 Å². The summed E-state index contributed by atoms with van der Waals surface area (Å²) in [5.41, 5.74) is 0.572. The lowest BCUT2D eigenvalue weighted by Gasteiger charge is -2.28. The van der Waals surface area contributed by atoms with Crippen LogP contribution in [0.5, 0.6) is 17.2 Å². The minimum atomic E-state index is -0.00328. The van der Waals surface area contributed by atoms with Crippen LogP contribution in [0.4, 0.5) is 0 Å². The standard InChI is InChI=1S/C17H26N2O4/c1-4-21-14-11-13(17(20)19-9-7-18-8-10-19)12-15(22-5-2)16(14)23-6-3/h11-12,18H,4-10H2,1-3H3. The molecule has 1 fully saturated rings. The number of rotatable bonds is 7. The normalized spacial score (nSPS) is 14.5. The van der Waals surface area contributed by atoms with Gasteiger partial charge in [-0.05, 0) is 32.9 Å². The van der Waals surface area contributed by atoms with E-state index in [0.29, 0.717) is 55.7 Å². The second kappa shape index (κ2) is 8.62. The fourth-order valence-corrected chi connectivity index (χ4v) is 2.56. The minimum Gasteiger partial charge on any atom is -0.490 e. The summed E-state index contributed by atoms with van der Waals surface area (Å²) < 4.78 is 17.0. The second-order valence-corrected chi connectivity index (χ2v) is 5.14. The number of ether oxygens (including phenoxy) is 3. The Hall–Kier alpha value is -1.95. The zero-order chi connectivity index (χ0) is 16.7. The summed E-state index contributed by atoms with van der Waals surface area (Å²) in [6, 6.07) is 3.50. The molecule has 0 aromatic heterocycles. The number of nitrogens with zero attached hydrogens (tertiary/aromatic N) is 1. The lowest BCUT2D eigenvalue weighted by atomic mass is 10.1. The molecule has 0 bridgehead atoms. The molecule has 0 atom stereocenters. The molecule has 0 unspecified atom stereocenters. The third-order valence-electron chi connectivity index (χ3n) is 3.56. The van der Waals surface area contributed by atoms with Gasteiger partial charge in [-0.25, -0.2) is 0 Å². The fraction of sp³-hybridized carbons (Fsp3) is 0.588. The first-order valence-electron chi connectivity index (χ1n) is 8.27. The van der Waals surface area contributed by atoms with Gasteiger partial charge in [0.1, 0.15) is 0 Å². The quantitative estimate of drug-likeness (QED) is 0.831. The van der Waals surface area contributed by atoms with Crippen molar-refractivity contribution in [2.24, 2.45) is 0 Å². The monoisotopic (exact) mass is 322 g/mol. The molecular formula is C17H26N2O4. The van der Waals surface area contributed by atoms with Crippen molar-refractivity contribution in [3.8, 4) is 17.2 Å². The van der Waals surface area contributed by atoms with Crippen molar-refractivity contribution in [1.82, 2.24) is 10.2 Å². The lowest BCUT2D eigenvalue weighted by molar-refractivity contribution is 0.0734. The van der Waals surface area contributed by atoms with Crippen molar-refractivity contribution in [2.45, 2.75) is 20.8 Å². The molecule has 6 nitrogen and oxygen atoms in total. The van der Waals surface area contributed by atoms with Gasteiger partial charge < -0.3 is 24.4 Å². The predicted molar refractivity (Wildman–Crippen MR) is 88.7 cm³/mol. The highest BCUT2D eigenvalue weighted by molar-refractivity contribution is 5.95. The number of benzene rings is 1. The van der Waals surface area contributed by atoms with Gasteiger partial charge in [-0.3, -0.25) is 4.79 Å². The second-order valence-electron chi connectivity index (χ2n) is 5.14. The van der Waals surface area contributed by atoms with Crippen molar-refractivity contribution >= 4 is 5.91 Å². The van der Waals surface area contributed by atoms with E-state index in [9.17, 15) is 4.79 Å². The maximum Gasteiger partial charge on any atom is 0.254 e. The van der Waals surface area contributed by atoms with E-state index in [1.54, 1.807) is 12.1 Å². The lowest BCUT2D eigenvalue weighted by Crippen LogP contribution is -2.46. The highest BCUT2D eigenvalue weighted by Gasteiger charge is 2.22. The predicted octanol–water partition coefficient (Wildman–Crippen LogP) is 1.93. The fourth-order valence-electron chi connectivity index (χ4n) is 2.56. The van der Waals surface area contributed by atoms with E-state index in [1.807, 2.05) is 25.7 Å². The highest BCUT2D eigenvalue weighted by atomic mass is 16.5. The molecule has 1 aromatic carbocycles. The zero-order valence-corrected chi connectivity index (χ0v) is 14.2. The maximum atomic E-state index is 12.7. The van der Waals surface area contributed by atoms with Crippen LogP contribution in [0.3, 0.4) is 0 Å². The van der Waals surface area contributed by atoms with Gasteiger partial charge >= 0.3 is 0 Å². The Kier molecular flexibility index (Phi) is 6.52. The van der Waals surface area contributed by atoms with Crippen LogP contribution in [0, 0.1) is 0 Å². The van der Waals surface area contributed by atoms with E-state index in [0.717, 1.165) is 13.1 Å². The summed E-state index contributed by atoms with van der Waals surface area (Å²) >= 11 is 0. The first-order valence-corrected chi connectivity index (χ1v) is 8.27. The summed E-state index contributed by atoms with van der Waals surface area (Å²) in [6.07, 6.45) is 0. The SMILES string of the molecule is CCOc1cc(C(=O)N2CCNCC2)cc(OCC)c1OCC. The average molecular weight is 322 g/mol. The van der Waals surface area contributed by atoms with E-state index < -0.39 is 0 Å². The van der Waals surface area contributed by atoms with Crippen molar-refractivity contribution in [3.05, 3.63) is 17.7 Å². The van der Waals surface area contributed by atoms with Crippen LogP contribution in [0.25, 0.3) is 0 Å². The van der Waals surface area contributed by atoms with Gasteiger partial charge in [-0.15, -0.1) is 0 Å². The Morgan fingerprint density at radius 2 is 1.52 bits per heavy atom. The molecule has 1 amide bonds. The molecule has 1 aromatic rings. The number of nitrogens with one attached hydrogen (secondary N) is 1. The van der Waals surface area contributed by atoms with Gasteiger partial charge in [0, 0.05) is 31.7 Å². The Morgan fingerprint density at radius 3 is 2.00 bits per heavy atom. The molecule has 0 saturated carbocycles. The Balaban J connectivity index is 2.36. The summed E-state index contributed by atoms with van der Waals surface area (Å²) in [5, 5.41) is 3.25. The highest BCUT2D eigenvalue weighted by Crippen LogP contribution is 2.39. The molecule has 1 aliphatic rings. The van der Waals surface area contributed by atoms with Crippen molar-refractivity contribution in [1.29, 1.82) is 0 Å². The molecule has 128 valence electrons. The molecule has 1 N–H and O–H groups in total. The van der Waals surface area contributed by atoms with Gasteiger partial charge in [-0.1, -0.05) is 0 Å². The molecular weight excluding hydrogens is 296 g/mol. The average Bonchev–Trinajstić information content (AvgIpc) is 2.58. The molecule has 6 heteroatoms. The first-order chi connectivity index (χ1) is 11.2. The molecule has 0 aliphatic carbocycles. The van der Waals surface area contributed by atoms with E-state index in [1.165, 1.54) is 0 Å². The summed E-state index contributed by atoms with van der Waals surface area (Å²) in [4.78, 5) is 14.6. The minimum absolute atomic E-state index is 0.00328. The van der Waals surface area contributed by atoms with Gasteiger partial charge in [0.05, 0.1) is 19.8 Å². The van der Waals surface area contributed by atoms with E-state index in [-0.39, 0.29) is 5.91 Å². The van der Waals surface area contributed by atoms with E-state index in [2.05, 4.69) is 5.32 Å². The van der Waals surface area contributed by atoms with E-state index in [4.69, 9.17) is 14.2 Å². The van der Waals surface area contributed by atoms with Gasteiger partial charge in [0.2, 0.25) is 5.75 Å². The van der Waals surface area contributed by atoms with Crippen LogP contribution in [-0.2, 0) is 0 Å². The molecule has 23 heavy (non-hydrogen) atoms. The largest absolute Gasteiger partial charge is 0.490 e. The Bertz CT molecular complexity index is 500. The summed E-state index contributed by atoms with van der Waals surface area (Å²) in [6.45, 7) is 10.3. The summed E-state index contributed by atoms with van der Waals surface area (Å²) in [5.74, 6) is 1.67. The molecule has 1 saturated heterocycles. The Labute approximate surface area is 137 Å². The molecule has 1 aliphatic heterocycles. The third kappa shape index (κ3) is 4.28. The van der Waals surface area contributed by atoms with Crippen molar-refractivity contribution in [3.63, 3.8) is 0 Å². The topological polar surface area (TPSA) is 60.0 Å². The van der Waals surface area contributed by atoms with E-state index >= 15 is 0 Å². The first kappa shape index (κ1) is 17.4. The molecule has 1 heterocycles. The van der Waals surface area contributed by atoms with Crippen LogP contribution >= 0.6 is 0 Å². The number of carbonyl (C=O) groups excluding carboxylic acids is 1. The third-order valence-corrected chi connectivity index (χ3v) is 3.56. The number of hydrogen-bond donors (Lipinski definition) is 1. The van der Waals surface area contributed by atoms with Gasteiger partial charge in [-0.2, -0.15) is 0 Å². The zero-order valence-electron chi connectivity index (χ0n) is 14.2. The van der Waals surface area contributed by atoms with Crippen LogP contribution in [0.2, 0.25) is 0 Å². The number of carbonyl (C=O) groups is 1. The number of hydrogen-bond acceptors (Lipinski definition) is 5. The number of amides is 1. The van der Waals surface area contributed by atoms with Crippen LogP contribution in [-0.4, -0.2) is 56.8 Å². The van der Waals surface area contributed by atoms with Gasteiger partial charge in [0.25, 0.3) is 5.91 Å². The van der Waals surface area contributed by atoms with Gasteiger partial charge in [0.15, 0.2) is 11.5 Å². The Morgan fingerprint density at radius 1 is 1.00 bits per heavy atom.